The molecule has 0 radical (unpaired) electrons. The summed E-state index contributed by atoms with van der Waals surface area (Å²) in [6, 6.07) is 12.7. The van der Waals surface area contributed by atoms with Gasteiger partial charge in [0.15, 0.2) is 17.4 Å². The van der Waals surface area contributed by atoms with Crippen molar-refractivity contribution in [1.29, 1.82) is 0 Å². The topological polar surface area (TPSA) is 85.3 Å². The van der Waals surface area contributed by atoms with Gasteiger partial charge in [-0.2, -0.15) is 8.42 Å². The fraction of sp³-hybridized carbons (Fsp3) is 0.333. The van der Waals surface area contributed by atoms with E-state index >= 15 is 0 Å². The maximum atomic E-state index is 13.5. The fourth-order valence-corrected chi connectivity index (χ4v) is 4.88. The average molecular weight is 432 g/mol. The molecule has 1 unspecified atom stereocenters. The van der Waals surface area contributed by atoms with Gasteiger partial charge in [-0.3, -0.25) is 4.79 Å². The molecular weight excluding hydrogens is 411 g/mol. The van der Waals surface area contributed by atoms with E-state index in [1.54, 1.807) is 30.3 Å². The fourth-order valence-electron chi connectivity index (χ4n) is 3.65. The Hall–Kier alpha value is -2.94. The molecule has 2 heterocycles. The molecule has 2 aliphatic heterocycles. The number of esters is 1. The molecule has 0 aromatic heterocycles. The van der Waals surface area contributed by atoms with Crippen LogP contribution >= 0.6 is 0 Å². The number of benzene rings is 2. The van der Waals surface area contributed by atoms with Crippen molar-refractivity contribution in [1.82, 2.24) is 4.90 Å². The molecule has 158 valence electrons. The van der Waals surface area contributed by atoms with Crippen molar-refractivity contribution in [2.75, 3.05) is 26.3 Å². The number of para-hydroxylation sites is 1. The van der Waals surface area contributed by atoms with E-state index in [4.69, 9.17) is 9.47 Å². The Morgan fingerprint density at radius 1 is 1.13 bits per heavy atom. The highest BCUT2D eigenvalue weighted by Crippen LogP contribution is 2.30. The normalized spacial score (nSPS) is 19.7. The van der Waals surface area contributed by atoms with Crippen molar-refractivity contribution in [2.45, 2.75) is 17.7 Å². The van der Waals surface area contributed by atoms with Gasteiger partial charge in [0.05, 0.1) is 5.92 Å². The van der Waals surface area contributed by atoms with Crippen LogP contribution in [0.4, 0.5) is 4.39 Å². The first-order valence-corrected chi connectivity index (χ1v) is 11.1. The van der Waals surface area contributed by atoms with E-state index in [2.05, 4.69) is 4.40 Å². The lowest BCUT2D eigenvalue weighted by molar-refractivity contribution is -0.150. The minimum absolute atomic E-state index is 0.00181. The summed E-state index contributed by atoms with van der Waals surface area (Å²) in [4.78, 5) is 14.5. The number of hydrogen-bond donors (Lipinski definition) is 0. The third-order valence-electron chi connectivity index (χ3n) is 5.09. The van der Waals surface area contributed by atoms with Crippen LogP contribution in [0.2, 0.25) is 0 Å². The van der Waals surface area contributed by atoms with Crippen LogP contribution in [0.1, 0.15) is 18.4 Å². The van der Waals surface area contributed by atoms with Crippen molar-refractivity contribution >= 4 is 21.8 Å². The lowest BCUT2D eigenvalue weighted by Gasteiger charge is -2.32. The molecule has 0 aliphatic carbocycles. The average Bonchev–Trinajstić information content (AvgIpc) is 3.03. The predicted octanol–water partition coefficient (Wildman–Crippen LogP) is 2.61. The highest BCUT2D eigenvalue weighted by molar-refractivity contribution is 7.90. The molecule has 4 rings (SSSR count). The van der Waals surface area contributed by atoms with Gasteiger partial charge in [-0.15, -0.1) is 4.40 Å². The maximum absolute atomic E-state index is 13.5. The molecule has 9 heteroatoms. The third kappa shape index (κ3) is 4.16. The van der Waals surface area contributed by atoms with E-state index in [-0.39, 0.29) is 29.8 Å². The van der Waals surface area contributed by atoms with Crippen molar-refractivity contribution in [3.8, 4) is 5.75 Å². The van der Waals surface area contributed by atoms with Gasteiger partial charge in [0.2, 0.25) is 0 Å². The van der Waals surface area contributed by atoms with Crippen LogP contribution < -0.4 is 4.74 Å². The van der Waals surface area contributed by atoms with Gasteiger partial charge in [0.25, 0.3) is 10.0 Å². The molecule has 1 fully saturated rings. The third-order valence-corrected chi connectivity index (χ3v) is 6.41. The zero-order chi connectivity index (χ0) is 21.1. The van der Waals surface area contributed by atoms with Crippen LogP contribution in [0.25, 0.3) is 0 Å². The second-order valence-corrected chi connectivity index (χ2v) is 8.69. The Labute approximate surface area is 174 Å². The van der Waals surface area contributed by atoms with Gasteiger partial charge in [-0.05, 0) is 37.1 Å². The largest absolute Gasteiger partial charge is 0.487 e. The van der Waals surface area contributed by atoms with E-state index in [0.717, 1.165) is 0 Å². The molecule has 0 amide bonds. The van der Waals surface area contributed by atoms with Gasteiger partial charge in [0.1, 0.15) is 18.1 Å². The smallest absolute Gasteiger partial charge is 0.310 e. The minimum Gasteiger partial charge on any atom is -0.487 e. The number of nitrogens with zero attached hydrogens (tertiary/aromatic N) is 2. The second-order valence-electron chi connectivity index (χ2n) is 7.12. The van der Waals surface area contributed by atoms with E-state index in [9.17, 15) is 17.6 Å². The molecule has 30 heavy (non-hydrogen) atoms. The summed E-state index contributed by atoms with van der Waals surface area (Å²) in [5, 5.41) is 0. The lowest BCUT2D eigenvalue weighted by Crippen LogP contribution is -2.43. The maximum Gasteiger partial charge on any atom is 0.310 e. The van der Waals surface area contributed by atoms with Gasteiger partial charge in [0, 0.05) is 18.7 Å². The van der Waals surface area contributed by atoms with Crippen molar-refractivity contribution in [3.63, 3.8) is 0 Å². The van der Waals surface area contributed by atoms with Crippen LogP contribution in [0.15, 0.2) is 57.8 Å². The number of likely N-dealkylation sites (tertiary alicyclic amines) is 1. The summed E-state index contributed by atoms with van der Waals surface area (Å²) < 4.78 is 52.6. The summed E-state index contributed by atoms with van der Waals surface area (Å²) in [7, 11) is -3.71. The first-order valence-electron chi connectivity index (χ1n) is 9.69. The number of sulfonamides is 1. The summed E-state index contributed by atoms with van der Waals surface area (Å²) in [5.41, 5.74) is 0.560. The number of halogens is 1. The van der Waals surface area contributed by atoms with Gasteiger partial charge >= 0.3 is 5.97 Å². The minimum atomic E-state index is -3.71. The van der Waals surface area contributed by atoms with Crippen LogP contribution in [0.5, 0.6) is 5.75 Å². The Kier molecular flexibility index (Phi) is 5.72. The molecule has 1 saturated heterocycles. The Bertz CT molecular complexity index is 1090. The number of ether oxygens (including phenoxy) is 2. The van der Waals surface area contributed by atoms with E-state index in [0.29, 0.717) is 37.3 Å². The molecule has 0 spiro atoms. The van der Waals surface area contributed by atoms with Crippen LogP contribution in [0.3, 0.4) is 0 Å². The van der Waals surface area contributed by atoms with Crippen molar-refractivity contribution in [2.24, 2.45) is 10.3 Å². The first kappa shape index (κ1) is 20.3. The predicted molar refractivity (Wildman–Crippen MR) is 107 cm³/mol. The Balaban J connectivity index is 1.34. The van der Waals surface area contributed by atoms with Gasteiger partial charge in [-0.25, -0.2) is 4.39 Å². The number of amidine groups is 1. The molecule has 0 N–H and O–H groups in total. The van der Waals surface area contributed by atoms with Gasteiger partial charge in [-0.1, -0.05) is 24.3 Å². The summed E-state index contributed by atoms with van der Waals surface area (Å²) in [6.45, 7) is 0.988. The Morgan fingerprint density at radius 2 is 1.90 bits per heavy atom. The van der Waals surface area contributed by atoms with Crippen LogP contribution in [-0.4, -0.2) is 51.4 Å². The molecule has 0 saturated carbocycles. The van der Waals surface area contributed by atoms with Crippen LogP contribution in [-0.2, 0) is 19.6 Å². The monoisotopic (exact) mass is 432 g/mol. The molecular formula is C21H21FN2O5S. The number of rotatable bonds is 5. The number of piperidine rings is 1. The molecule has 7 nitrogen and oxygen atoms in total. The Morgan fingerprint density at radius 3 is 2.73 bits per heavy atom. The molecule has 1 atom stereocenters. The molecule has 2 aromatic rings. The highest BCUT2D eigenvalue weighted by Gasteiger charge is 2.35. The molecule has 2 aliphatic rings. The van der Waals surface area contributed by atoms with E-state index in [1.807, 2.05) is 4.90 Å². The SMILES string of the molecule is O=C(OCCOc1ccccc1F)C1CCCN(C2=NS(=O)(=O)c3ccccc32)C1. The number of carbonyl (C=O) groups excluding carboxylic acids is 1. The first-order chi connectivity index (χ1) is 14.5. The highest BCUT2D eigenvalue weighted by atomic mass is 32.2. The number of hydrogen-bond acceptors (Lipinski definition) is 6. The van der Waals surface area contributed by atoms with E-state index in [1.165, 1.54) is 18.2 Å². The lowest BCUT2D eigenvalue weighted by atomic mass is 9.97. The summed E-state index contributed by atoms with van der Waals surface area (Å²) in [6.07, 6.45) is 1.36. The quantitative estimate of drug-likeness (QED) is 0.533. The number of carbonyl (C=O) groups is 1. The standard InChI is InChI=1S/C21H21FN2O5S/c22-17-8-2-3-9-18(17)28-12-13-29-21(25)15-6-5-11-24(14-15)20-16-7-1-4-10-19(16)30(26,27)23-20/h1-4,7-10,15H,5-6,11-14H2. The zero-order valence-electron chi connectivity index (χ0n) is 16.2. The van der Waals surface area contributed by atoms with Gasteiger partial charge < -0.3 is 14.4 Å². The molecule has 0 bridgehead atoms. The van der Waals surface area contributed by atoms with Crippen molar-refractivity contribution in [3.05, 3.63) is 59.9 Å². The summed E-state index contributed by atoms with van der Waals surface area (Å²) >= 11 is 0. The van der Waals surface area contributed by atoms with Crippen LogP contribution in [0, 0.1) is 11.7 Å². The zero-order valence-corrected chi connectivity index (χ0v) is 17.0. The second kappa shape index (κ2) is 8.43. The summed E-state index contributed by atoms with van der Waals surface area (Å²) in [5.74, 6) is -0.765. The molecule has 2 aromatic carbocycles. The van der Waals surface area contributed by atoms with E-state index < -0.39 is 21.8 Å². The number of fused-ring (bicyclic) bond motifs is 1. The van der Waals surface area contributed by atoms with Crippen molar-refractivity contribution < 1.29 is 27.1 Å².